The van der Waals surface area contributed by atoms with Gasteiger partial charge in [0.25, 0.3) is 0 Å². The van der Waals surface area contributed by atoms with Crippen molar-refractivity contribution in [3.63, 3.8) is 0 Å². The lowest BCUT2D eigenvalue weighted by Crippen LogP contribution is -2.45. The number of hydrogen-bond acceptors (Lipinski definition) is 5. The average molecular weight is 1190 g/mol. The van der Waals surface area contributed by atoms with Crippen LogP contribution in [-0.4, -0.2) is 47.4 Å². The summed E-state index contributed by atoms with van der Waals surface area (Å²) >= 11 is 0. The summed E-state index contributed by atoms with van der Waals surface area (Å²) in [6, 6.07) is -0.624. The zero-order valence-corrected chi connectivity index (χ0v) is 57.4. The van der Waals surface area contributed by atoms with Gasteiger partial charge in [-0.3, -0.25) is 9.59 Å². The first-order chi connectivity index (χ1) is 41.5. The summed E-state index contributed by atoms with van der Waals surface area (Å²) in [5.74, 6) is -0.0333. The number of unbranched alkanes of at least 4 members (excludes halogenated alkanes) is 63. The first kappa shape index (κ1) is 82.6. The van der Waals surface area contributed by atoms with Gasteiger partial charge in [-0.2, -0.15) is 0 Å². The quantitative estimate of drug-likeness (QED) is 0.0320. The predicted octanol–water partition coefficient (Wildman–Crippen LogP) is 25.5. The zero-order chi connectivity index (χ0) is 60.6. The molecule has 0 aromatic heterocycles. The number of aliphatic hydroxyl groups is 2. The number of ether oxygens (including phenoxy) is 1. The van der Waals surface area contributed by atoms with E-state index in [4.69, 9.17) is 4.74 Å². The van der Waals surface area contributed by atoms with Crippen LogP contribution in [0.3, 0.4) is 0 Å². The summed E-state index contributed by atoms with van der Waals surface area (Å²) in [6.45, 7) is 4.96. The van der Waals surface area contributed by atoms with E-state index in [1.54, 1.807) is 6.08 Å². The number of allylic oxidation sites excluding steroid dienone is 1. The lowest BCUT2D eigenvalue weighted by atomic mass is 10.0. The van der Waals surface area contributed by atoms with E-state index in [1.165, 1.54) is 385 Å². The molecule has 0 saturated heterocycles. The Morgan fingerprint density at radius 3 is 0.810 bits per heavy atom. The summed E-state index contributed by atoms with van der Waals surface area (Å²) in [4.78, 5) is 24.6. The molecule has 0 radical (unpaired) electrons. The highest BCUT2D eigenvalue weighted by molar-refractivity contribution is 5.76. The van der Waals surface area contributed by atoms with Crippen molar-refractivity contribution >= 4 is 11.9 Å². The summed E-state index contributed by atoms with van der Waals surface area (Å²) in [5.41, 5.74) is 0. The third-order valence-electron chi connectivity index (χ3n) is 18.6. The van der Waals surface area contributed by atoms with E-state index < -0.39 is 12.1 Å². The molecule has 84 heavy (non-hydrogen) atoms. The van der Waals surface area contributed by atoms with E-state index >= 15 is 0 Å². The van der Waals surface area contributed by atoms with Crippen molar-refractivity contribution in [3.05, 3.63) is 12.2 Å². The maximum Gasteiger partial charge on any atom is 0.305 e. The second-order valence-corrected chi connectivity index (χ2v) is 27.1. The molecule has 2 unspecified atom stereocenters. The molecule has 1 amide bonds. The smallest absolute Gasteiger partial charge is 0.305 e. The maximum absolute atomic E-state index is 12.5. The number of hydrogen-bond donors (Lipinski definition) is 3. The predicted molar refractivity (Wildman–Crippen MR) is 370 cm³/mol. The first-order valence-electron chi connectivity index (χ1n) is 39.0. The van der Waals surface area contributed by atoms with Gasteiger partial charge in [0.05, 0.1) is 25.4 Å². The van der Waals surface area contributed by atoms with Gasteiger partial charge in [-0.1, -0.05) is 418 Å². The molecule has 3 N–H and O–H groups in total. The van der Waals surface area contributed by atoms with Crippen molar-refractivity contribution in [2.24, 2.45) is 0 Å². The molecule has 0 spiro atoms. The van der Waals surface area contributed by atoms with Crippen LogP contribution < -0.4 is 5.32 Å². The fourth-order valence-corrected chi connectivity index (χ4v) is 12.6. The molecule has 0 aliphatic carbocycles. The molecule has 6 nitrogen and oxygen atoms in total. The third kappa shape index (κ3) is 69.7. The standard InChI is InChI=1S/C78H153NO5/c1-3-5-7-9-11-13-15-17-19-21-38-42-46-50-54-58-62-66-70-76(81)75(74-80)79-77(82)71-67-63-59-55-51-47-43-39-36-34-32-30-28-26-24-23-25-27-29-31-33-35-37-41-45-49-53-57-61-65-69-73-84-78(83)72-68-64-60-56-52-48-44-40-22-20-18-16-14-12-10-8-6-4-2/h66,70,75-76,80-81H,3-65,67-69,71-74H2,1-2H3,(H,79,82)/b70-66+. The topological polar surface area (TPSA) is 95.9 Å². The van der Waals surface area contributed by atoms with Gasteiger partial charge in [0.1, 0.15) is 0 Å². The van der Waals surface area contributed by atoms with E-state index in [1.807, 2.05) is 6.08 Å². The van der Waals surface area contributed by atoms with E-state index in [0.717, 1.165) is 38.5 Å². The van der Waals surface area contributed by atoms with Crippen LogP contribution >= 0.6 is 0 Å². The minimum Gasteiger partial charge on any atom is -0.466 e. The van der Waals surface area contributed by atoms with Gasteiger partial charge in [0.2, 0.25) is 5.91 Å². The molecule has 6 heteroatoms. The van der Waals surface area contributed by atoms with Crippen molar-refractivity contribution in [2.75, 3.05) is 13.2 Å². The number of carbonyl (C=O) groups is 2. The second-order valence-electron chi connectivity index (χ2n) is 27.1. The molecule has 0 aliphatic heterocycles. The van der Waals surface area contributed by atoms with Crippen molar-refractivity contribution in [2.45, 2.75) is 463 Å². The van der Waals surface area contributed by atoms with Crippen molar-refractivity contribution in [1.82, 2.24) is 5.32 Å². The number of esters is 1. The fourth-order valence-electron chi connectivity index (χ4n) is 12.6. The van der Waals surface area contributed by atoms with Crippen LogP contribution in [0.2, 0.25) is 0 Å². The maximum atomic E-state index is 12.5. The Morgan fingerprint density at radius 2 is 0.548 bits per heavy atom. The SMILES string of the molecule is CCCCCCCCCCCCCCCCCC/C=C/C(O)C(CO)NC(=O)CCCCCCCCCCCCCCCCCCCCCCCCCCCCCCCCCOC(=O)CCCCCCCCCCCCCCCCCCCC. The molecular weight excluding hydrogens is 1030 g/mol. The Morgan fingerprint density at radius 1 is 0.321 bits per heavy atom. The number of carbonyl (C=O) groups excluding carboxylic acids is 2. The number of amides is 1. The van der Waals surface area contributed by atoms with Gasteiger partial charge in [-0.25, -0.2) is 0 Å². The van der Waals surface area contributed by atoms with Crippen LogP contribution in [0.15, 0.2) is 12.2 Å². The Kier molecular flexibility index (Phi) is 72.8. The Labute approximate surface area is 527 Å². The monoisotopic (exact) mass is 1180 g/mol. The van der Waals surface area contributed by atoms with E-state index in [9.17, 15) is 19.8 Å². The molecule has 0 bridgehead atoms. The largest absolute Gasteiger partial charge is 0.466 e. The van der Waals surface area contributed by atoms with E-state index in [-0.39, 0.29) is 18.5 Å². The van der Waals surface area contributed by atoms with Gasteiger partial charge in [-0.15, -0.1) is 0 Å². The van der Waals surface area contributed by atoms with Crippen LogP contribution in [-0.2, 0) is 14.3 Å². The van der Waals surface area contributed by atoms with Crippen LogP contribution in [0.25, 0.3) is 0 Å². The number of rotatable bonds is 74. The summed E-state index contributed by atoms with van der Waals surface area (Å²) in [7, 11) is 0. The summed E-state index contributed by atoms with van der Waals surface area (Å²) in [6.07, 6.45) is 93.3. The average Bonchev–Trinajstić information content (AvgIpc) is 3.51. The molecule has 0 aliphatic rings. The molecule has 0 rings (SSSR count). The lowest BCUT2D eigenvalue weighted by molar-refractivity contribution is -0.143. The van der Waals surface area contributed by atoms with Crippen LogP contribution in [0.1, 0.15) is 450 Å². The molecule has 0 heterocycles. The third-order valence-corrected chi connectivity index (χ3v) is 18.6. The summed E-state index contributed by atoms with van der Waals surface area (Å²) < 4.78 is 5.52. The number of aliphatic hydroxyl groups excluding tert-OH is 2. The Hall–Kier alpha value is -1.40. The first-order valence-corrected chi connectivity index (χ1v) is 39.0. The van der Waals surface area contributed by atoms with Gasteiger partial charge in [0.15, 0.2) is 0 Å². The highest BCUT2D eigenvalue weighted by atomic mass is 16.5. The molecule has 0 fully saturated rings. The van der Waals surface area contributed by atoms with Crippen LogP contribution in [0.5, 0.6) is 0 Å². The van der Waals surface area contributed by atoms with E-state index in [2.05, 4.69) is 19.2 Å². The van der Waals surface area contributed by atoms with Crippen LogP contribution in [0, 0.1) is 0 Å². The highest BCUT2D eigenvalue weighted by Gasteiger charge is 2.18. The van der Waals surface area contributed by atoms with Crippen molar-refractivity contribution in [3.8, 4) is 0 Å². The highest BCUT2D eigenvalue weighted by Crippen LogP contribution is 2.20. The minimum atomic E-state index is -0.841. The fraction of sp³-hybridized carbons (Fsp3) is 0.949. The van der Waals surface area contributed by atoms with Gasteiger partial charge in [0, 0.05) is 12.8 Å². The number of nitrogens with one attached hydrogen (secondary N) is 1. The summed E-state index contributed by atoms with van der Waals surface area (Å²) in [5, 5.41) is 23.2. The lowest BCUT2D eigenvalue weighted by Gasteiger charge is -2.20. The Balaban J connectivity index is 3.32. The van der Waals surface area contributed by atoms with Crippen molar-refractivity contribution < 1.29 is 24.5 Å². The van der Waals surface area contributed by atoms with Crippen LogP contribution in [0.4, 0.5) is 0 Å². The molecule has 500 valence electrons. The normalized spacial score (nSPS) is 12.5. The zero-order valence-electron chi connectivity index (χ0n) is 57.4. The molecular formula is C78H153NO5. The van der Waals surface area contributed by atoms with Gasteiger partial charge < -0.3 is 20.3 Å². The van der Waals surface area contributed by atoms with Gasteiger partial charge in [-0.05, 0) is 32.1 Å². The second kappa shape index (κ2) is 74.1. The molecule has 0 aromatic carbocycles. The Bertz CT molecular complexity index is 1270. The molecule has 0 aromatic rings. The van der Waals surface area contributed by atoms with Crippen molar-refractivity contribution in [1.29, 1.82) is 0 Å². The minimum absolute atomic E-state index is 0.0260. The molecule has 2 atom stereocenters. The molecule has 0 saturated carbocycles. The van der Waals surface area contributed by atoms with E-state index in [0.29, 0.717) is 19.4 Å². The van der Waals surface area contributed by atoms with Gasteiger partial charge >= 0.3 is 5.97 Å².